The van der Waals surface area contributed by atoms with Crippen LogP contribution in [0.1, 0.15) is 5.56 Å². The summed E-state index contributed by atoms with van der Waals surface area (Å²) in [4.78, 5) is 11.0. The smallest absolute Gasteiger partial charge is 0.316 e. The summed E-state index contributed by atoms with van der Waals surface area (Å²) in [5.41, 5.74) is 1.06. The van der Waals surface area contributed by atoms with E-state index in [-0.39, 0.29) is 5.25 Å². The van der Waals surface area contributed by atoms with Crippen molar-refractivity contribution in [3.05, 3.63) is 48.6 Å². The molecule has 2 nitrogen and oxygen atoms in total. The number of hydrogen-bond acceptors (Lipinski definition) is 2. The highest BCUT2D eigenvalue weighted by Crippen LogP contribution is 2.16. The van der Waals surface area contributed by atoms with Crippen LogP contribution in [0.5, 0.6) is 0 Å². The maximum absolute atomic E-state index is 11.0. The Kier molecular flexibility index (Phi) is 4.98. The molecule has 0 fully saturated rings. The molecule has 0 saturated carbocycles. The minimum atomic E-state index is -0.759. The SMILES string of the molecule is C=CCSC(Cc1ccccc1)C(=O)O. The molecule has 0 saturated heterocycles. The zero-order chi connectivity index (χ0) is 11.1. The Morgan fingerprint density at radius 2 is 2.13 bits per heavy atom. The number of aliphatic carboxylic acids is 1. The minimum Gasteiger partial charge on any atom is -0.480 e. The zero-order valence-corrected chi connectivity index (χ0v) is 9.24. The normalized spacial score (nSPS) is 12.0. The third kappa shape index (κ3) is 4.21. The highest BCUT2D eigenvalue weighted by atomic mass is 32.2. The zero-order valence-electron chi connectivity index (χ0n) is 8.43. The molecule has 0 aromatic heterocycles. The summed E-state index contributed by atoms with van der Waals surface area (Å²) < 4.78 is 0. The van der Waals surface area contributed by atoms with Gasteiger partial charge in [0.25, 0.3) is 0 Å². The number of carbonyl (C=O) groups is 1. The maximum Gasteiger partial charge on any atom is 0.316 e. The van der Waals surface area contributed by atoms with Crippen LogP contribution in [0.4, 0.5) is 0 Å². The van der Waals surface area contributed by atoms with E-state index in [1.807, 2.05) is 30.3 Å². The van der Waals surface area contributed by atoms with E-state index < -0.39 is 5.97 Å². The minimum absolute atomic E-state index is 0.384. The van der Waals surface area contributed by atoms with Gasteiger partial charge in [-0.2, -0.15) is 0 Å². The summed E-state index contributed by atoms with van der Waals surface area (Å²) in [6.45, 7) is 3.59. The molecule has 1 atom stereocenters. The molecule has 1 rings (SSSR count). The Morgan fingerprint density at radius 3 is 2.67 bits per heavy atom. The van der Waals surface area contributed by atoms with Crippen LogP contribution in [-0.4, -0.2) is 22.1 Å². The van der Waals surface area contributed by atoms with Gasteiger partial charge < -0.3 is 5.11 Å². The standard InChI is InChI=1S/C12H14O2S/c1-2-8-15-11(12(13)14)9-10-6-4-3-5-7-10/h2-7,11H,1,8-9H2,(H,13,14). The van der Waals surface area contributed by atoms with Crippen LogP contribution in [0.15, 0.2) is 43.0 Å². The van der Waals surface area contributed by atoms with Crippen molar-refractivity contribution in [1.82, 2.24) is 0 Å². The molecule has 0 radical (unpaired) electrons. The van der Waals surface area contributed by atoms with Crippen LogP contribution >= 0.6 is 11.8 Å². The van der Waals surface area contributed by atoms with E-state index in [9.17, 15) is 4.79 Å². The van der Waals surface area contributed by atoms with Crippen molar-refractivity contribution >= 4 is 17.7 Å². The predicted octanol–water partition coefficient (Wildman–Crippen LogP) is 2.60. The van der Waals surface area contributed by atoms with Gasteiger partial charge in [0.1, 0.15) is 5.25 Å². The van der Waals surface area contributed by atoms with Gasteiger partial charge in [0, 0.05) is 5.75 Å². The molecule has 80 valence electrons. The van der Waals surface area contributed by atoms with Gasteiger partial charge >= 0.3 is 5.97 Å². The molecule has 15 heavy (non-hydrogen) atoms. The quantitative estimate of drug-likeness (QED) is 0.752. The first-order valence-electron chi connectivity index (χ1n) is 4.73. The molecule has 0 aliphatic rings. The lowest BCUT2D eigenvalue weighted by Crippen LogP contribution is -2.19. The molecule has 0 aliphatic heterocycles. The predicted molar refractivity (Wildman–Crippen MR) is 64.2 cm³/mol. The lowest BCUT2D eigenvalue weighted by atomic mass is 10.1. The number of carboxylic acids is 1. The van der Waals surface area contributed by atoms with Gasteiger partial charge in [-0.15, -0.1) is 18.3 Å². The maximum atomic E-state index is 11.0. The molecular formula is C12H14O2S. The number of thioether (sulfide) groups is 1. The van der Waals surface area contributed by atoms with E-state index in [0.717, 1.165) is 5.56 Å². The van der Waals surface area contributed by atoms with Crippen molar-refractivity contribution in [3.63, 3.8) is 0 Å². The lowest BCUT2D eigenvalue weighted by molar-refractivity contribution is -0.136. The second-order valence-corrected chi connectivity index (χ2v) is 4.37. The van der Waals surface area contributed by atoms with Crippen LogP contribution in [0.2, 0.25) is 0 Å². The van der Waals surface area contributed by atoms with Crippen LogP contribution in [-0.2, 0) is 11.2 Å². The average Bonchev–Trinajstić information content (AvgIpc) is 2.25. The van der Waals surface area contributed by atoms with Crippen molar-refractivity contribution in [2.24, 2.45) is 0 Å². The molecule has 0 bridgehead atoms. The molecule has 1 aromatic rings. The summed E-state index contributed by atoms with van der Waals surface area (Å²) in [6, 6.07) is 9.67. The molecule has 0 aliphatic carbocycles. The molecule has 3 heteroatoms. The lowest BCUT2D eigenvalue weighted by Gasteiger charge is -2.10. The molecule has 1 N–H and O–H groups in total. The topological polar surface area (TPSA) is 37.3 Å². The summed E-state index contributed by atoms with van der Waals surface area (Å²) >= 11 is 1.41. The Hall–Kier alpha value is -1.22. The van der Waals surface area contributed by atoms with Gasteiger partial charge in [-0.25, -0.2) is 0 Å². The second-order valence-electron chi connectivity index (χ2n) is 3.14. The van der Waals surface area contributed by atoms with Crippen molar-refractivity contribution in [1.29, 1.82) is 0 Å². The molecule has 0 amide bonds. The van der Waals surface area contributed by atoms with Gasteiger partial charge in [-0.3, -0.25) is 4.79 Å². The first-order valence-corrected chi connectivity index (χ1v) is 5.78. The fourth-order valence-electron chi connectivity index (χ4n) is 1.23. The summed E-state index contributed by atoms with van der Waals surface area (Å²) in [5, 5.41) is 8.62. The fourth-order valence-corrected chi connectivity index (χ4v) is 2.05. The molecular weight excluding hydrogens is 208 g/mol. The Labute approximate surface area is 94.0 Å². The second kappa shape index (κ2) is 6.30. The highest BCUT2D eigenvalue weighted by Gasteiger charge is 2.17. The van der Waals surface area contributed by atoms with E-state index in [1.165, 1.54) is 11.8 Å². The summed E-state index contributed by atoms with van der Waals surface area (Å²) in [6.07, 6.45) is 2.29. The van der Waals surface area contributed by atoms with Gasteiger partial charge in [0.15, 0.2) is 0 Å². The van der Waals surface area contributed by atoms with E-state index in [0.29, 0.717) is 12.2 Å². The van der Waals surface area contributed by atoms with Crippen molar-refractivity contribution in [2.75, 3.05) is 5.75 Å². The van der Waals surface area contributed by atoms with Gasteiger partial charge in [-0.05, 0) is 12.0 Å². The van der Waals surface area contributed by atoms with Crippen LogP contribution in [0, 0.1) is 0 Å². The van der Waals surface area contributed by atoms with Gasteiger partial charge in [-0.1, -0.05) is 36.4 Å². The van der Waals surface area contributed by atoms with Crippen molar-refractivity contribution in [2.45, 2.75) is 11.7 Å². The van der Waals surface area contributed by atoms with Crippen molar-refractivity contribution < 1.29 is 9.90 Å². The number of benzene rings is 1. The van der Waals surface area contributed by atoms with Crippen molar-refractivity contribution in [3.8, 4) is 0 Å². The van der Waals surface area contributed by atoms with Crippen LogP contribution < -0.4 is 0 Å². The summed E-state index contributed by atoms with van der Waals surface area (Å²) in [7, 11) is 0. The molecule has 1 unspecified atom stereocenters. The Bertz CT molecular complexity index is 322. The molecule has 0 spiro atoms. The number of hydrogen-bond donors (Lipinski definition) is 1. The Morgan fingerprint density at radius 1 is 1.47 bits per heavy atom. The van der Waals surface area contributed by atoms with E-state index in [2.05, 4.69) is 6.58 Å². The largest absolute Gasteiger partial charge is 0.480 e. The van der Waals surface area contributed by atoms with E-state index in [4.69, 9.17) is 5.11 Å². The number of rotatable bonds is 6. The summed E-state index contributed by atoms with van der Waals surface area (Å²) in [5.74, 6) is -0.0882. The van der Waals surface area contributed by atoms with Crippen LogP contribution in [0.3, 0.4) is 0 Å². The third-order valence-corrected chi connectivity index (χ3v) is 3.15. The first-order chi connectivity index (χ1) is 7.24. The molecule has 0 heterocycles. The van der Waals surface area contributed by atoms with Gasteiger partial charge in [0.05, 0.1) is 0 Å². The molecule has 1 aromatic carbocycles. The van der Waals surface area contributed by atoms with Crippen LogP contribution in [0.25, 0.3) is 0 Å². The van der Waals surface area contributed by atoms with E-state index in [1.54, 1.807) is 6.08 Å². The Balaban J connectivity index is 2.58. The monoisotopic (exact) mass is 222 g/mol. The van der Waals surface area contributed by atoms with E-state index >= 15 is 0 Å². The average molecular weight is 222 g/mol. The highest BCUT2D eigenvalue weighted by molar-refractivity contribution is 8.00. The van der Waals surface area contributed by atoms with Gasteiger partial charge in [0.2, 0.25) is 0 Å². The first kappa shape index (κ1) is 11.9. The number of carboxylic acid groups (broad SMARTS) is 1. The fraction of sp³-hybridized carbons (Fsp3) is 0.250. The third-order valence-electron chi connectivity index (χ3n) is 1.95.